The predicted molar refractivity (Wildman–Crippen MR) is 137 cm³/mol. The Morgan fingerprint density at radius 2 is 1.74 bits per heavy atom. The van der Waals surface area contributed by atoms with Crippen LogP contribution in [0.1, 0.15) is 43.9 Å². The highest BCUT2D eigenvalue weighted by atomic mass is 16.5. The molecule has 0 aromatic heterocycles. The molecule has 6 heteroatoms. The summed E-state index contributed by atoms with van der Waals surface area (Å²) in [4.78, 5) is 27.7. The van der Waals surface area contributed by atoms with Crippen molar-refractivity contribution in [3.05, 3.63) is 95.7 Å². The van der Waals surface area contributed by atoms with Crippen LogP contribution in [0.15, 0.2) is 84.6 Å². The zero-order chi connectivity index (χ0) is 24.6. The third-order valence-electron chi connectivity index (χ3n) is 5.76. The fourth-order valence-corrected chi connectivity index (χ4v) is 3.82. The minimum absolute atomic E-state index is 0.117. The number of rotatable bonds is 9. The summed E-state index contributed by atoms with van der Waals surface area (Å²) in [6.07, 6.45) is 3.79. The first-order chi connectivity index (χ1) is 17.0. The number of benzene rings is 3. The fraction of sp³-hybridized carbons (Fsp3) is 0.241. The predicted octanol–water partition coefficient (Wildman–Crippen LogP) is 5.51. The van der Waals surface area contributed by atoms with E-state index >= 15 is 0 Å². The van der Waals surface area contributed by atoms with E-state index in [9.17, 15) is 9.59 Å². The molecule has 0 fully saturated rings. The van der Waals surface area contributed by atoms with Crippen molar-refractivity contribution in [2.75, 3.05) is 18.1 Å². The molecular formula is C29H30N2O4. The molecule has 1 atom stereocenters. The molecule has 3 aromatic carbocycles. The number of ether oxygens (including phenoxy) is 2. The minimum atomic E-state index is -0.357. The van der Waals surface area contributed by atoms with Crippen LogP contribution in [0, 0.1) is 0 Å². The third kappa shape index (κ3) is 6.09. The molecule has 1 aliphatic heterocycles. The Morgan fingerprint density at radius 3 is 2.49 bits per heavy atom. The highest BCUT2D eigenvalue weighted by Crippen LogP contribution is 2.35. The van der Waals surface area contributed by atoms with Gasteiger partial charge < -0.3 is 14.8 Å². The summed E-state index contributed by atoms with van der Waals surface area (Å²) in [7, 11) is 0. The Morgan fingerprint density at radius 1 is 1.03 bits per heavy atom. The van der Waals surface area contributed by atoms with E-state index < -0.39 is 0 Å². The molecule has 0 unspecified atom stereocenters. The monoisotopic (exact) mass is 470 g/mol. The van der Waals surface area contributed by atoms with E-state index in [1.165, 1.54) is 4.90 Å². The SMILES string of the molecule is CCCCOc1ccc([C@@H](C)NC(=O)CN2C(=O)/C(=C\c3ccccc3)Oc3ccccc32)cc1. The first kappa shape index (κ1) is 24.1. The second kappa shape index (κ2) is 11.4. The van der Waals surface area contributed by atoms with Gasteiger partial charge in [-0.25, -0.2) is 0 Å². The van der Waals surface area contributed by atoms with Crippen molar-refractivity contribution >= 4 is 23.6 Å². The van der Waals surface area contributed by atoms with Gasteiger partial charge in [0.25, 0.3) is 5.91 Å². The van der Waals surface area contributed by atoms with Gasteiger partial charge in [-0.1, -0.05) is 67.9 Å². The second-order valence-electron chi connectivity index (χ2n) is 8.44. The van der Waals surface area contributed by atoms with Crippen molar-refractivity contribution in [3.63, 3.8) is 0 Å². The average Bonchev–Trinajstić information content (AvgIpc) is 2.87. The van der Waals surface area contributed by atoms with Gasteiger partial charge in [-0.3, -0.25) is 14.5 Å². The lowest BCUT2D eigenvalue weighted by atomic mass is 10.1. The molecule has 1 heterocycles. The van der Waals surface area contributed by atoms with Crippen LogP contribution in [0.4, 0.5) is 5.69 Å². The number of hydrogen-bond donors (Lipinski definition) is 1. The number of unbranched alkanes of at least 4 members (excludes halogenated alkanes) is 1. The van der Waals surface area contributed by atoms with Gasteiger partial charge in [0.1, 0.15) is 12.3 Å². The maximum atomic E-state index is 13.3. The molecule has 0 saturated carbocycles. The van der Waals surface area contributed by atoms with Crippen LogP contribution >= 0.6 is 0 Å². The normalized spacial score (nSPS) is 14.7. The van der Waals surface area contributed by atoms with Gasteiger partial charge in [0, 0.05) is 0 Å². The zero-order valence-electron chi connectivity index (χ0n) is 20.1. The lowest BCUT2D eigenvalue weighted by Crippen LogP contribution is -2.44. The Kier molecular flexibility index (Phi) is 7.83. The first-order valence-electron chi connectivity index (χ1n) is 11.9. The summed E-state index contributed by atoms with van der Waals surface area (Å²) < 4.78 is 11.6. The van der Waals surface area contributed by atoms with E-state index in [0.29, 0.717) is 18.0 Å². The molecule has 0 saturated heterocycles. The minimum Gasteiger partial charge on any atom is -0.494 e. The van der Waals surface area contributed by atoms with Gasteiger partial charge in [0.15, 0.2) is 11.5 Å². The number of para-hydroxylation sites is 2. The first-order valence-corrected chi connectivity index (χ1v) is 11.9. The van der Waals surface area contributed by atoms with Gasteiger partial charge in [0.2, 0.25) is 5.91 Å². The fourth-order valence-electron chi connectivity index (χ4n) is 3.82. The summed E-state index contributed by atoms with van der Waals surface area (Å²) in [6.45, 7) is 4.62. The van der Waals surface area contributed by atoms with Crippen LogP contribution in [0.2, 0.25) is 0 Å². The van der Waals surface area contributed by atoms with Gasteiger partial charge in [0.05, 0.1) is 18.3 Å². The van der Waals surface area contributed by atoms with Crippen molar-refractivity contribution in [2.45, 2.75) is 32.7 Å². The van der Waals surface area contributed by atoms with Crippen LogP contribution in [0.5, 0.6) is 11.5 Å². The molecule has 2 amide bonds. The number of nitrogens with one attached hydrogen (secondary N) is 1. The Hall–Kier alpha value is -4.06. The van der Waals surface area contributed by atoms with Crippen molar-refractivity contribution in [1.29, 1.82) is 0 Å². The Balaban J connectivity index is 1.45. The number of fused-ring (bicyclic) bond motifs is 1. The Bertz CT molecular complexity index is 1190. The van der Waals surface area contributed by atoms with Crippen LogP contribution in [-0.4, -0.2) is 25.0 Å². The molecule has 6 nitrogen and oxygen atoms in total. The van der Waals surface area contributed by atoms with Crippen molar-refractivity contribution in [1.82, 2.24) is 5.32 Å². The molecular weight excluding hydrogens is 440 g/mol. The summed E-state index contributed by atoms with van der Waals surface area (Å²) in [5.41, 5.74) is 2.37. The van der Waals surface area contributed by atoms with E-state index in [2.05, 4.69) is 12.2 Å². The lowest BCUT2D eigenvalue weighted by molar-refractivity contribution is -0.123. The number of carbonyl (C=O) groups excluding carboxylic acids is 2. The number of carbonyl (C=O) groups is 2. The van der Waals surface area contributed by atoms with Crippen LogP contribution in [-0.2, 0) is 9.59 Å². The Labute approximate surface area is 206 Å². The van der Waals surface area contributed by atoms with Crippen molar-refractivity contribution < 1.29 is 19.1 Å². The molecule has 0 radical (unpaired) electrons. The zero-order valence-corrected chi connectivity index (χ0v) is 20.1. The van der Waals surface area contributed by atoms with E-state index in [4.69, 9.17) is 9.47 Å². The topological polar surface area (TPSA) is 67.9 Å². The van der Waals surface area contributed by atoms with Gasteiger partial charge in [-0.15, -0.1) is 0 Å². The summed E-state index contributed by atoms with van der Waals surface area (Å²) >= 11 is 0. The van der Waals surface area contributed by atoms with Gasteiger partial charge >= 0.3 is 0 Å². The smallest absolute Gasteiger partial charge is 0.294 e. The summed E-state index contributed by atoms with van der Waals surface area (Å²) in [5, 5.41) is 3.00. The highest BCUT2D eigenvalue weighted by Gasteiger charge is 2.31. The quantitative estimate of drug-likeness (QED) is 0.331. The molecule has 3 aromatic rings. The molecule has 180 valence electrons. The molecule has 0 bridgehead atoms. The standard InChI is InChI=1S/C29H30N2O4/c1-3-4-18-34-24-16-14-23(15-17-24)21(2)30-28(32)20-31-25-12-8-9-13-26(25)35-27(29(31)33)19-22-10-6-5-7-11-22/h5-17,19,21H,3-4,18,20H2,1-2H3,(H,30,32)/b27-19+/t21-/m1/s1. The van der Waals surface area contributed by atoms with Gasteiger partial charge in [-0.05, 0) is 54.8 Å². The maximum absolute atomic E-state index is 13.3. The average molecular weight is 471 g/mol. The van der Waals surface area contributed by atoms with Crippen molar-refractivity contribution in [2.24, 2.45) is 0 Å². The molecule has 4 rings (SSSR count). The highest BCUT2D eigenvalue weighted by molar-refractivity contribution is 6.12. The number of hydrogen-bond acceptors (Lipinski definition) is 4. The molecule has 0 aliphatic carbocycles. The molecule has 1 N–H and O–H groups in total. The van der Waals surface area contributed by atoms with E-state index in [-0.39, 0.29) is 30.2 Å². The summed E-state index contributed by atoms with van der Waals surface area (Å²) in [6, 6.07) is 24.2. The summed E-state index contributed by atoms with van der Waals surface area (Å²) in [5.74, 6) is 0.908. The number of anilines is 1. The molecule has 0 spiro atoms. The number of nitrogens with zero attached hydrogens (tertiary/aromatic N) is 1. The maximum Gasteiger partial charge on any atom is 0.294 e. The van der Waals surface area contributed by atoms with Crippen molar-refractivity contribution in [3.8, 4) is 11.5 Å². The van der Waals surface area contributed by atoms with E-state index in [1.807, 2.05) is 73.7 Å². The van der Waals surface area contributed by atoms with E-state index in [0.717, 1.165) is 29.7 Å². The van der Waals surface area contributed by atoms with Crippen LogP contribution < -0.4 is 19.7 Å². The largest absolute Gasteiger partial charge is 0.494 e. The molecule has 35 heavy (non-hydrogen) atoms. The van der Waals surface area contributed by atoms with Crippen LogP contribution in [0.25, 0.3) is 6.08 Å². The van der Waals surface area contributed by atoms with Crippen LogP contribution in [0.3, 0.4) is 0 Å². The second-order valence-corrected chi connectivity index (χ2v) is 8.44. The number of amides is 2. The lowest BCUT2D eigenvalue weighted by Gasteiger charge is -2.30. The van der Waals surface area contributed by atoms with E-state index in [1.54, 1.807) is 18.2 Å². The third-order valence-corrected chi connectivity index (χ3v) is 5.76. The molecule has 1 aliphatic rings. The van der Waals surface area contributed by atoms with Gasteiger partial charge in [-0.2, -0.15) is 0 Å².